The molecule has 0 radical (unpaired) electrons. The van der Waals surface area contributed by atoms with Gasteiger partial charge in [0.2, 0.25) is 17.6 Å². The molecule has 1 aromatic heterocycles. The van der Waals surface area contributed by atoms with Crippen LogP contribution in [0.3, 0.4) is 0 Å². The Morgan fingerprint density at radius 1 is 1.33 bits per heavy atom. The highest BCUT2D eigenvalue weighted by Gasteiger charge is 2.26. The third-order valence-corrected chi connectivity index (χ3v) is 4.65. The Morgan fingerprint density at radius 3 is 2.71 bits per heavy atom. The fourth-order valence-electron chi connectivity index (χ4n) is 2.97. The summed E-state index contributed by atoms with van der Waals surface area (Å²) in [5.41, 5.74) is 0.768. The van der Waals surface area contributed by atoms with Crippen LogP contribution in [-0.2, 0) is 11.3 Å². The predicted molar refractivity (Wildman–Crippen MR) is 91.4 cm³/mol. The molecule has 1 saturated heterocycles. The average molecular weight is 349 g/mol. The van der Waals surface area contributed by atoms with E-state index in [9.17, 15) is 4.79 Å². The highest BCUT2D eigenvalue weighted by molar-refractivity contribution is 6.33. The molecule has 0 unspecified atom stereocenters. The summed E-state index contributed by atoms with van der Waals surface area (Å²) in [7, 11) is 3.62. The Labute approximate surface area is 146 Å². The zero-order chi connectivity index (χ0) is 17.1. The van der Waals surface area contributed by atoms with Crippen LogP contribution in [-0.4, -0.2) is 53.0 Å². The first-order valence-electron chi connectivity index (χ1n) is 8.05. The highest BCUT2D eigenvalue weighted by Crippen LogP contribution is 2.25. The molecule has 1 aliphatic rings. The smallest absolute Gasteiger partial charge is 0.241 e. The standard InChI is InChI=1S/C17H21ClN4O2/c1-21(2)17(23)12-7-9-22(10-8-12)11-15-19-16(20-24-15)13-5-3-4-6-14(13)18/h3-6,12H,7-11H2,1-2H3. The minimum atomic E-state index is 0.123. The van der Waals surface area contributed by atoms with Crippen molar-refractivity contribution in [2.24, 2.45) is 5.92 Å². The van der Waals surface area contributed by atoms with Crippen molar-refractivity contribution in [3.8, 4) is 11.4 Å². The third kappa shape index (κ3) is 3.76. The van der Waals surface area contributed by atoms with Crippen molar-refractivity contribution >= 4 is 17.5 Å². The van der Waals surface area contributed by atoms with Crippen molar-refractivity contribution in [3.05, 3.63) is 35.2 Å². The van der Waals surface area contributed by atoms with E-state index in [1.807, 2.05) is 32.3 Å². The molecular weight excluding hydrogens is 328 g/mol. The molecule has 1 aliphatic heterocycles. The second kappa shape index (κ2) is 7.32. The number of nitrogens with zero attached hydrogens (tertiary/aromatic N) is 4. The van der Waals surface area contributed by atoms with Crippen LogP contribution >= 0.6 is 11.6 Å². The summed E-state index contributed by atoms with van der Waals surface area (Å²) in [6, 6.07) is 7.44. The zero-order valence-electron chi connectivity index (χ0n) is 13.9. The van der Waals surface area contributed by atoms with Crippen molar-refractivity contribution in [3.63, 3.8) is 0 Å². The van der Waals surface area contributed by atoms with E-state index in [0.29, 0.717) is 23.3 Å². The van der Waals surface area contributed by atoms with E-state index in [-0.39, 0.29) is 11.8 Å². The van der Waals surface area contributed by atoms with Gasteiger partial charge in [-0.25, -0.2) is 0 Å². The van der Waals surface area contributed by atoms with Crippen molar-refractivity contribution in [1.29, 1.82) is 0 Å². The molecule has 0 N–H and O–H groups in total. The third-order valence-electron chi connectivity index (χ3n) is 4.32. The number of aromatic nitrogens is 2. The number of carbonyl (C=O) groups excluding carboxylic acids is 1. The molecule has 7 heteroatoms. The lowest BCUT2D eigenvalue weighted by Gasteiger charge is -2.31. The van der Waals surface area contributed by atoms with Gasteiger partial charge in [-0.3, -0.25) is 9.69 Å². The Balaban J connectivity index is 1.59. The summed E-state index contributed by atoms with van der Waals surface area (Å²) in [6.07, 6.45) is 1.73. The van der Waals surface area contributed by atoms with E-state index in [4.69, 9.17) is 16.1 Å². The summed E-state index contributed by atoms with van der Waals surface area (Å²) in [5, 5.41) is 4.63. The minimum absolute atomic E-state index is 0.123. The Morgan fingerprint density at radius 2 is 2.04 bits per heavy atom. The first-order chi connectivity index (χ1) is 11.5. The molecule has 0 spiro atoms. The van der Waals surface area contributed by atoms with Crippen LogP contribution in [0.15, 0.2) is 28.8 Å². The number of halogens is 1. The van der Waals surface area contributed by atoms with Gasteiger partial charge >= 0.3 is 0 Å². The summed E-state index contributed by atoms with van der Waals surface area (Å²) in [5.74, 6) is 1.42. The van der Waals surface area contributed by atoms with E-state index < -0.39 is 0 Å². The monoisotopic (exact) mass is 348 g/mol. The molecule has 2 heterocycles. The zero-order valence-corrected chi connectivity index (χ0v) is 14.7. The minimum Gasteiger partial charge on any atom is -0.349 e. The Bertz CT molecular complexity index is 708. The SMILES string of the molecule is CN(C)C(=O)C1CCN(Cc2nc(-c3ccccc3Cl)no2)CC1. The van der Waals surface area contributed by atoms with Gasteiger partial charge in [-0.15, -0.1) is 0 Å². The largest absolute Gasteiger partial charge is 0.349 e. The average Bonchev–Trinajstić information content (AvgIpc) is 3.03. The molecule has 1 aromatic carbocycles. The topological polar surface area (TPSA) is 62.5 Å². The van der Waals surface area contributed by atoms with Gasteiger partial charge in [-0.2, -0.15) is 4.98 Å². The number of hydrogen-bond donors (Lipinski definition) is 0. The van der Waals surface area contributed by atoms with Crippen molar-refractivity contribution in [1.82, 2.24) is 19.9 Å². The second-order valence-electron chi connectivity index (χ2n) is 6.27. The molecule has 0 atom stereocenters. The summed E-state index contributed by atoms with van der Waals surface area (Å²) >= 11 is 6.16. The van der Waals surface area contributed by atoms with Crippen LogP contribution in [0.4, 0.5) is 0 Å². The molecule has 128 valence electrons. The number of benzene rings is 1. The molecule has 0 aliphatic carbocycles. The van der Waals surface area contributed by atoms with Crippen LogP contribution in [0.1, 0.15) is 18.7 Å². The van der Waals surface area contributed by atoms with E-state index in [0.717, 1.165) is 31.5 Å². The maximum absolute atomic E-state index is 12.0. The highest BCUT2D eigenvalue weighted by atomic mass is 35.5. The number of rotatable bonds is 4. The molecule has 24 heavy (non-hydrogen) atoms. The number of likely N-dealkylation sites (tertiary alicyclic amines) is 1. The lowest BCUT2D eigenvalue weighted by molar-refractivity contribution is -0.134. The first kappa shape index (κ1) is 16.9. The van der Waals surface area contributed by atoms with Crippen molar-refractivity contribution in [2.45, 2.75) is 19.4 Å². The molecule has 1 amide bonds. The van der Waals surface area contributed by atoms with Gasteiger partial charge in [-0.1, -0.05) is 28.9 Å². The van der Waals surface area contributed by atoms with Crippen LogP contribution < -0.4 is 0 Å². The van der Waals surface area contributed by atoms with Gasteiger partial charge in [0.25, 0.3) is 0 Å². The molecule has 0 bridgehead atoms. The number of hydrogen-bond acceptors (Lipinski definition) is 5. The van der Waals surface area contributed by atoms with E-state index in [1.165, 1.54) is 0 Å². The van der Waals surface area contributed by atoms with Gasteiger partial charge < -0.3 is 9.42 Å². The normalized spacial score (nSPS) is 16.3. The fraction of sp³-hybridized carbons (Fsp3) is 0.471. The van der Waals surface area contributed by atoms with Crippen LogP contribution in [0, 0.1) is 5.92 Å². The van der Waals surface area contributed by atoms with Crippen LogP contribution in [0.25, 0.3) is 11.4 Å². The second-order valence-corrected chi connectivity index (χ2v) is 6.68. The van der Waals surface area contributed by atoms with Gasteiger partial charge in [0, 0.05) is 25.6 Å². The quantitative estimate of drug-likeness (QED) is 0.850. The lowest BCUT2D eigenvalue weighted by Crippen LogP contribution is -2.39. The molecule has 0 saturated carbocycles. The number of amides is 1. The molecule has 1 fully saturated rings. The molecule has 3 rings (SSSR count). The fourth-order valence-corrected chi connectivity index (χ4v) is 3.19. The summed E-state index contributed by atoms with van der Waals surface area (Å²) in [6.45, 7) is 2.31. The van der Waals surface area contributed by atoms with Crippen LogP contribution in [0.5, 0.6) is 0 Å². The number of piperidine rings is 1. The molecule has 6 nitrogen and oxygen atoms in total. The molecular formula is C17H21ClN4O2. The lowest BCUT2D eigenvalue weighted by atomic mass is 9.95. The van der Waals surface area contributed by atoms with Gasteiger partial charge in [0.05, 0.1) is 11.6 Å². The van der Waals surface area contributed by atoms with Crippen LogP contribution in [0.2, 0.25) is 5.02 Å². The van der Waals surface area contributed by atoms with Crippen molar-refractivity contribution in [2.75, 3.05) is 27.2 Å². The van der Waals surface area contributed by atoms with Gasteiger partial charge in [0.1, 0.15) is 0 Å². The van der Waals surface area contributed by atoms with Crippen molar-refractivity contribution < 1.29 is 9.32 Å². The summed E-state index contributed by atoms with van der Waals surface area (Å²) in [4.78, 5) is 20.4. The Hall–Kier alpha value is -1.92. The summed E-state index contributed by atoms with van der Waals surface area (Å²) < 4.78 is 5.35. The maximum atomic E-state index is 12.0. The maximum Gasteiger partial charge on any atom is 0.241 e. The van der Waals surface area contributed by atoms with E-state index in [1.54, 1.807) is 11.0 Å². The van der Waals surface area contributed by atoms with E-state index >= 15 is 0 Å². The van der Waals surface area contributed by atoms with Gasteiger partial charge in [0.15, 0.2) is 0 Å². The Kier molecular flexibility index (Phi) is 5.16. The van der Waals surface area contributed by atoms with Gasteiger partial charge in [-0.05, 0) is 38.1 Å². The first-order valence-corrected chi connectivity index (χ1v) is 8.43. The number of carbonyl (C=O) groups is 1. The molecule has 2 aromatic rings. The predicted octanol–water partition coefficient (Wildman–Crippen LogP) is 2.69. The van der Waals surface area contributed by atoms with E-state index in [2.05, 4.69) is 15.0 Å².